The van der Waals surface area contributed by atoms with Crippen LogP contribution in [0.25, 0.3) is 0 Å². The Labute approximate surface area is 109 Å². The smallest absolute Gasteiger partial charge is 0.236 e. The summed E-state index contributed by atoms with van der Waals surface area (Å²) in [6, 6.07) is 7.17. The van der Waals surface area contributed by atoms with E-state index >= 15 is 0 Å². The Morgan fingerprint density at radius 2 is 2.06 bits per heavy atom. The summed E-state index contributed by atoms with van der Waals surface area (Å²) in [5, 5.41) is 9.43. The Morgan fingerprint density at radius 1 is 1.33 bits per heavy atom. The zero-order chi connectivity index (χ0) is 13.5. The van der Waals surface area contributed by atoms with Gasteiger partial charge in [0.1, 0.15) is 5.75 Å². The van der Waals surface area contributed by atoms with E-state index in [0.717, 1.165) is 18.5 Å². The van der Waals surface area contributed by atoms with E-state index in [1.165, 1.54) is 0 Å². The summed E-state index contributed by atoms with van der Waals surface area (Å²) in [7, 11) is 3.53. The van der Waals surface area contributed by atoms with Crippen LogP contribution < -0.4 is 0 Å². The summed E-state index contributed by atoms with van der Waals surface area (Å²) in [4.78, 5) is 15.4. The van der Waals surface area contributed by atoms with E-state index in [-0.39, 0.29) is 11.7 Å². The second kappa shape index (κ2) is 7.01. The minimum Gasteiger partial charge on any atom is -0.508 e. The second-order valence-electron chi connectivity index (χ2n) is 4.67. The fraction of sp³-hybridized carbons (Fsp3) is 0.500. The molecule has 0 unspecified atom stereocenters. The van der Waals surface area contributed by atoms with E-state index in [2.05, 4.69) is 11.8 Å². The monoisotopic (exact) mass is 250 g/mol. The molecule has 100 valence electrons. The molecule has 4 heteroatoms. The Bertz CT molecular complexity index is 391. The predicted molar refractivity (Wildman–Crippen MR) is 72.4 cm³/mol. The number of aromatic hydroxyl groups is 1. The molecule has 1 aromatic carbocycles. The van der Waals surface area contributed by atoms with Crippen molar-refractivity contribution in [3.8, 4) is 5.75 Å². The molecule has 1 rings (SSSR count). The topological polar surface area (TPSA) is 43.8 Å². The summed E-state index contributed by atoms with van der Waals surface area (Å²) >= 11 is 0. The van der Waals surface area contributed by atoms with Crippen molar-refractivity contribution >= 4 is 5.91 Å². The molecule has 0 saturated carbocycles. The Morgan fingerprint density at radius 3 is 2.61 bits per heavy atom. The number of nitrogens with zero attached hydrogens (tertiary/aromatic N) is 2. The molecule has 4 nitrogen and oxygen atoms in total. The molecule has 0 aromatic heterocycles. The van der Waals surface area contributed by atoms with Gasteiger partial charge in [-0.15, -0.1) is 0 Å². The van der Waals surface area contributed by atoms with Crippen LogP contribution in [0.3, 0.4) is 0 Å². The summed E-state index contributed by atoms with van der Waals surface area (Å²) in [6.45, 7) is 4.06. The molecule has 0 aliphatic carbocycles. The molecule has 1 N–H and O–H groups in total. The number of amides is 1. The van der Waals surface area contributed by atoms with Crippen LogP contribution in [0.5, 0.6) is 5.75 Å². The highest BCUT2D eigenvalue weighted by atomic mass is 16.3. The van der Waals surface area contributed by atoms with Gasteiger partial charge in [0.2, 0.25) is 5.91 Å². The average molecular weight is 250 g/mol. The van der Waals surface area contributed by atoms with Crippen molar-refractivity contribution in [2.45, 2.75) is 19.9 Å². The zero-order valence-corrected chi connectivity index (χ0v) is 11.4. The first-order chi connectivity index (χ1) is 8.52. The average Bonchev–Trinajstić information content (AvgIpc) is 2.29. The quantitative estimate of drug-likeness (QED) is 0.835. The Hall–Kier alpha value is -1.55. The number of rotatable bonds is 6. The van der Waals surface area contributed by atoms with Crippen LogP contribution in [-0.4, -0.2) is 48.0 Å². The highest BCUT2D eigenvalue weighted by molar-refractivity contribution is 5.77. The molecule has 0 saturated heterocycles. The van der Waals surface area contributed by atoms with Gasteiger partial charge in [-0.25, -0.2) is 0 Å². The molecule has 1 amide bonds. The summed E-state index contributed by atoms with van der Waals surface area (Å²) in [6.07, 6.45) is 1.000. The molecule has 0 aliphatic heterocycles. The maximum atomic E-state index is 11.7. The van der Waals surface area contributed by atoms with Crippen molar-refractivity contribution < 1.29 is 9.90 Å². The third kappa shape index (κ3) is 4.75. The van der Waals surface area contributed by atoms with Gasteiger partial charge in [-0.2, -0.15) is 0 Å². The normalized spacial score (nSPS) is 10.7. The fourth-order valence-corrected chi connectivity index (χ4v) is 1.78. The molecule has 0 atom stereocenters. The minimum absolute atomic E-state index is 0.101. The lowest BCUT2D eigenvalue weighted by molar-refractivity contribution is -0.130. The number of hydrogen-bond donors (Lipinski definition) is 1. The van der Waals surface area contributed by atoms with Gasteiger partial charge < -0.3 is 10.0 Å². The van der Waals surface area contributed by atoms with Crippen molar-refractivity contribution in [1.29, 1.82) is 0 Å². The third-order valence-corrected chi connectivity index (χ3v) is 2.71. The van der Waals surface area contributed by atoms with Crippen molar-refractivity contribution in [3.63, 3.8) is 0 Å². The number of likely N-dealkylation sites (N-methyl/N-ethyl adjacent to an activating group) is 1. The molecule has 0 heterocycles. The lowest BCUT2D eigenvalue weighted by atomic mass is 10.2. The van der Waals surface area contributed by atoms with Crippen molar-refractivity contribution in [3.05, 3.63) is 29.8 Å². The van der Waals surface area contributed by atoms with Gasteiger partial charge in [-0.3, -0.25) is 9.69 Å². The number of phenols is 1. The van der Waals surface area contributed by atoms with E-state index < -0.39 is 0 Å². The van der Waals surface area contributed by atoms with Crippen molar-refractivity contribution in [1.82, 2.24) is 9.80 Å². The molecular weight excluding hydrogens is 228 g/mol. The van der Waals surface area contributed by atoms with Crippen LogP contribution in [0, 0.1) is 0 Å². The highest BCUT2D eigenvalue weighted by Gasteiger charge is 2.12. The van der Waals surface area contributed by atoms with Gasteiger partial charge in [0.05, 0.1) is 6.54 Å². The predicted octanol–water partition coefficient (Wildman–Crippen LogP) is 1.69. The first kappa shape index (κ1) is 14.5. The Kier molecular flexibility index (Phi) is 5.65. The van der Waals surface area contributed by atoms with E-state index in [1.54, 1.807) is 31.1 Å². The van der Waals surface area contributed by atoms with Gasteiger partial charge in [-0.1, -0.05) is 19.1 Å². The van der Waals surface area contributed by atoms with Gasteiger partial charge in [-0.05, 0) is 30.7 Å². The van der Waals surface area contributed by atoms with E-state index in [1.807, 2.05) is 12.1 Å². The van der Waals surface area contributed by atoms with Gasteiger partial charge in [0.15, 0.2) is 0 Å². The summed E-state index contributed by atoms with van der Waals surface area (Å²) < 4.78 is 0. The largest absolute Gasteiger partial charge is 0.508 e. The van der Waals surface area contributed by atoms with Crippen LogP contribution in [0.1, 0.15) is 18.9 Å². The molecule has 0 aliphatic rings. The molecular formula is C14H22N2O2. The van der Waals surface area contributed by atoms with Crippen LogP contribution in [0.4, 0.5) is 0 Å². The minimum atomic E-state index is 0.101. The number of benzene rings is 1. The standard InChI is InChI=1S/C14H22N2O2/c1-4-8-16(11-14(18)15(2)3)10-12-6-5-7-13(17)9-12/h5-7,9,17H,4,8,10-11H2,1-3H3. The second-order valence-corrected chi connectivity index (χ2v) is 4.67. The number of carbonyl (C=O) groups is 1. The zero-order valence-electron chi connectivity index (χ0n) is 11.4. The number of hydrogen-bond acceptors (Lipinski definition) is 3. The maximum absolute atomic E-state index is 11.7. The molecule has 0 bridgehead atoms. The molecule has 18 heavy (non-hydrogen) atoms. The van der Waals surface area contributed by atoms with Gasteiger partial charge in [0, 0.05) is 20.6 Å². The van der Waals surface area contributed by atoms with Crippen LogP contribution in [0.2, 0.25) is 0 Å². The van der Waals surface area contributed by atoms with Crippen molar-refractivity contribution in [2.24, 2.45) is 0 Å². The van der Waals surface area contributed by atoms with Crippen LogP contribution in [-0.2, 0) is 11.3 Å². The first-order valence-electron chi connectivity index (χ1n) is 6.23. The SMILES string of the molecule is CCCN(CC(=O)N(C)C)Cc1cccc(O)c1. The first-order valence-corrected chi connectivity index (χ1v) is 6.23. The number of phenolic OH excluding ortho intramolecular Hbond substituents is 1. The third-order valence-electron chi connectivity index (χ3n) is 2.71. The van der Waals surface area contributed by atoms with Gasteiger partial charge >= 0.3 is 0 Å². The van der Waals surface area contributed by atoms with E-state index in [9.17, 15) is 9.90 Å². The van der Waals surface area contributed by atoms with Crippen LogP contribution in [0.15, 0.2) is 24.3 Å². The lowest BCUT2D eigenvalue weighted by Crippen LogP contribution is -2.36. The van der Waals surface area contributed by atoms with Crippen LogP contribution >= 0.6 is 0 Å². The lowest BCUT2D eigenvalue weighted by Gasteiger charge is -2.23. The number of carbonyl (C=O) groups excluding carboxylic acids is 1. The fourth-order valence-electron chi connectivity index (χ4n) is 1.78. The molecule has 0 spiro atoms. The molecule has 0 radical (unpaired) electrons. The van der Waals surface area contributed by atoms with E-state index in [4.69, 9.17) is 0 Å². The van der Waals surface area contributed by atoms with Gasteiger partial charge in [0.25, 0.3) is 0 Å². The van der Waals surface area contributed by atoms with E-state index in [0.29, 0.717) is 13.1 Å². The highest BCUT2D eigenvalue weighted by Crippen LogP contribution is 2.13. The Balaban J connectivity index is 2.65. The molecule has 0 fully saturated rings. The summed E-state index contributed by atoms with van der Waals surface area (Å²) in [5.74, 6) is 0.367. The molecule has 1 aromatic rings. The summed E-state index contributed by atoms with van der Waals surface area (Å²) in [5.41, 5.74) is 1.02. The van der Waals surface area contributed by atoms with Crippen molar-refractivity contribution in [2.75, 3.05) is 27.2 Å². The maximum Gasteiger partial charge on any atom is 0.236 e.